The van der Waals surface area contributed by atoms with Crippen LogP contribution in [0.25, 0.3) is 17.0 Å². The summed E-state index contributed by atoms with van der Waals surface area (Å²) in [4.78, 5) is 19.6. The van der Waals surface area contributed by atoms with Crippen LogP contribution >= 0.6 is 11.6 Å². The van der Waals surface area contributed by atoms with Gasteiger partial charge in [-0.25, -0.2) is 14.2 Å². The number of nitrogens with one attached hydrogen (secondary N) is 1. The van der Waals surface area contributed by atoms with Crippen LogP contribution in [-0.4, -0.2) is 33.6 Å². The molecule has 36 heavy (non-hydrogen) atoms. The Morgan fingerprint density at radius 1 is 1.19 bits per heavy atom. The Morgan fingerprint density at radius 2 is 2.03 bits per heavy atom. The van der Waals surface area contributed by atoms with Crippen molar-refractivity contribution < 1.29 is 9.18 Å². The van der Waals surface area contributed by atoms with Crippen LogP contribution < -0.4 is 5.32 Å². The van der Waals surface area contributed by atoms with Gasteiger partial charge in [0, 0.05) is 49.9 Å². The molecule has 2 aromatic carbocycles. The summed E-state index contributed by atoms with van der Waals surface area (Å²) in [5, 5.41) is 13.8. The van der Waals surface area contributed by atoms with Gasteiger partial charge in [0.25, 0.3) is 0 Å². The molecule has 0 bridgehead atoms. The minimum atomic E-state index is -0.250. The Morgan fingerprint density at radius 3 is 2.81 bits per heavy atom. The quantitative estimate of drug-likeness (QED) is 0.366. The van der Waals surface area contributed by atoms with Gasteiger partial charge in [-0.15, -0.1) is 0 Å². The van der Waals surface area contributed by atoms with Crippen molar-refractivity contribution in [1.82, 2.24) is 19.8 Å². The Bertz CT molecular complexity index is 1500. The van der Waals surface area contributed by atoms with Crippen LogP contribution in [-0.2, 0) is 19.5 Å². The summed E-state index contributed by atoms with van der Waals surface area (Å²) in [6.07, 6.45) is 6.36. The maximum atomic E-state index is 13.4. The SMILES string of the molecule is N#Cc1ccc2c3c(n(C(=O)NCc4ccnc(Cl)c4)c2c1)CCN(C/C=C/c1ccc(F)cc1)C3. The summed E-state index contributed by atoms with van der Waals surface area (Å²) in [5.41, 5.74) is 5.09. The van der Waals surface area contributed by atoms with Gasteiger partial charge in [-0.05, 0) is 53.1 Å². The summed E-state index contributed by atoms with van der Waals surface area (Å²) in [7, 11) is 0. The Kier molecular flexibility index (Phi) is 6.81. The molecule has 0 saturated heterocycles. The van der Waals surface area contributed by atoms with Gasteiger partial charge in [0.15, 0.2) is 0 Å². The Balaban J connectivity index is 1.39. The minimum Gasteiger partial charge on any atom is -0.333 e. The average molecular weight is 500 g/mol. The molecule has 1 aliphatic heterocycles. The predicted molar refractivity (Wildman–Crippen MR) is 138 cm³/mol. The molecule has 0 unspecified atom stereocenters. The van der Waals surface area contributed by atoms with Gasteiger partial charge in [0.05, 0.1) is 17.1 Å². The Hall–Kier alpha value is -3.99. The molecule has 6 nitrogen and oxygen atoms in total. The first-order chi connectivity index (χ1) is 17.5. The third-order valence-corrected chi connectivity index (χ3v) is 6.55. The largest absolute Gasteiger partial charge is 0.333 e. The lowest BCUT2D eigenvalue weighted by molar-refractivity contribution is 0.240. The van der Waals surface area contributed by atoms with E-state index in [1.807, 2.05) is 12.1 Å². The highest BCUT2D eigenvalue weighted by molar-refractivity contribution is 6.29. The van der Waals surface area contributed by atoms with E-state index < -0.39 is 0 Å². The number of pyridine rings is 1. The summed E-state index contributed by atoms with van der Waals surface area (Å²) in [6, 6.07) is 17.3. The molecule has 180 valence electrons. The van der Waals surface area contributed by atoms with E-state index in [-0.39, 0.29) is 11.8 Å². The molecule has 5 rings (SSSR count). The molecule has 0 spiro atoms. The highest BCUT2D eigenvalue weighted by Gasteiger charge is 2.26. The Labute approximate surface area is 213 Å². The number of carbonyl (C=O) groups is 1. The first-order valence-electron chi connectivity index (χ1n) is 11.6. The number of hydrogen-bond donors (Lipinski definition) is 1. The zero-order valence-electron chi connectivity index (χ0n) is 19.4. The number of hydrogen-bond acceptors (Lipinski definition) is 4. The van der Waals surface area contributed by atoms with E-state index in [0.29, 0.717) is 30.2 Å². The molecule has 2 aromatic heterocycles. The van der Waals surface area contributed by atoms with Gasteiger partial charge in [-0.1, -0.05) is 42.0 Å². The molecule has 8 heteroatoms. The molecule has 0 aliphatic carbocycles. The minimum absolute atomic E-state index is 0.242. The molecule has 1 N–H and O–H groups in total. The molecule has 0 radical (unpaired) electrons. The molecule has 1 amide bonds. The van der Waals surface area contributed by atoms with Gasteiger partial charge < -0.3 is 5.32 Å². The number of fused-ring (bicyclic) bond motifs is 3. The number of carbonyl (C=O) groups excluding carboxylic acids is 1. The lowest BCUT2D eigenvalue weighted by atomic mass is 10.0. The first-order valence-corrected chi connectivity index (χ1v) is 12.0. The van der Waals surface area contributed by atoms with Crippen molar-refractivity contribution in [3.8, 4) is 6.07 Å². The zero-order valence-corrected chi connectivity index (χ0v) is 20.2. The number of nitriles is 1. The molecular formula is C28H23ClFN5O. The molecule has 0 atom stereocenters. The van der Waals surface area contributed by atoms with Gasteiger partial charge >= 0.3 is 6.03 Å². The first kappa shape index (κ1) is 23.7. The molecule has 1 aliphatic rings. The fourth-order valence-corrected chi connectivity index (χ4v) is 4.79. The molecule has 0 saturated carbocycles. The van der Waals surface area contributed by atoms with Crippen molar-refractivity contribution in [3.05, 3.63) is 106 Å². The van der Waals surface area contributed by atoms with Crippen LogP contribution in [0.2, 0.25) is 5.15 Å². The highest BCUT2D eigenvalue weighted by atomic mass is 35.5. The summed E-state index contributed by atoms with van der Waals surface area (Å²) in [5.74, 6) is -0.250. The van der Waals surface area contributed by atoms with Gasteiger partial charge in [-0.2, -0.15) is 5.26 Å². The number of amides is 1. The van der Waals surface area contributed by atoms with Crippen molar-refractivity contribution in [3.63, 3.8) is 0 Å². The second-order valence-electron chi connectivity index (χ2n) is 8.69. The number of aromatic nitrogens is 2. The van der Waals surface area contributed by atoms with Gasteiger partial charge in [-0.3, -0.25) is 9.47 Å². The second-order valence-corrected chi connectivity index (χ2v) is 9.08. The lowest BCUT2D eigenvalue weighted by Crippen LogP contribution is -2.34. The third-order valence-electron chi connectivity index (χ3n) is 6.34. The van der Waals surface area contributed by atoms with E-state index in [4.69, 9.17) is 11.6 Å². The molecule has 0 fully saturated rings. The normalized spacial score (nSPS) is 13.6. The van der Waals surface area contributed by atoms with E-state index in [1.165, 1.54) is 12.1 Å². The summed E-state index contributed by atoms with van der Waals surface area (Å²) in [6.45, 7) is 2.52. The van der Waals surface area contributed by atoms with Crippen molar-refractivity contribution in [2.24, 2.45) is 0 Å². The average Bonchev–Trinajstić information content (AvgIpc) is 3.21. The van der Waals surface area contributed by atoms with E-state index in [2.05, 4.69) is 27.3 Å². The van der Waals surface area contributed by atoms with Crippen molar-refractivity contribution >= 4 is 34.6 Å². The highest BCUT2D eigenvalue weighted by Crippen LogP contribution is 2.31. The van der Waals surface area contributed by atoms with Gasteiger partial charge in [0.1, 0.15) is 11.0 Å². The van der Waals surface area contributed by atoms with Crippen LogP contribution in [0.4, 0.5) is 9.18 Å². The molecule has 4 aromatic rings. The van der Waals surface area contributed by atoms with E-state index in [1.54, 1.807) is 47.2 Å². The molecule has 3 heterocycles. The van der Waals surface area contributed by atoms with Crippen molar-refractivity contribution in [2.75, 3.05) is 13.1 Å². The number of benzene rings is 2. The van der Waals surface area contributed by atoms with Crippen LogP contribution in [0.3, 0.4) is 0 Å². The summed E-state index contributed by atoms with van der Waals surface area (Å²) < 4.78 is 14.8. The smallest absolute Gasteiger partial charge is 0.326 e. The standard InChI is InChI=1S/C28H23ClFN5O/c29-27-15-21(9-11-32-27)17-33-28(36)35-25-10-13-34(12-1-2-19-3-6-22(30)7-4-19)18-24(25)23-8-5-20(16-31)14-26(23)35/h1-9,11,14-15H,10,12-13,17-18H2,(H,33,36)/b2-1+. The maximum absolute atomic E-state index is 13.4. The van der Waals surface area contributed by atoms with Crippen LogP contribution in [0, 0.1) is 17.1 Å². The van der Waals surface area contributed by atoms with E-state index in [0.717, 1.165) is 46.4 Å². The fourth-order valence-electron chi connectivity index (χ4n) is 4.59. The van der Waals surface area contributed by atoms with Crippen LogP contribution in [0.5, 0.6) is 0 Å². The maximum Gasteiger partial charge on any atom is 0.326 e. The van der Waals surface area contributed by atoms with E-state index >= 15 is 0 Å². The molecular weight excluding hydrogens is 477 g/mol. The monoisotopic (exact) mass is 499 g/mol. The van der Waals surface area contributed by atoms with Crippen LogP contribution in [0.15, 0.2) is 66.9 Å². The van der Waals surface area contributed by atoms with E-state index in [9.17, 15) is 14.4 Å². The fraction of sp³-hybridized carbons (Fsp3) is 0.179. The second kappa shape index (κ2) is 10.3. The van der Waals surface area contributed by atoms with Crippen molar-refractivity contribution in [2.45, 2.75) is 19.5 Å². The number of nitrogens with zero attached hydrogens (tertiary/aromatic N) is 4. The zero-order chi connectivity index (χ0) is 25.1. The van der Waals surface area contributed by atoms with Crippen LogP contribution in [0.1, 0.15) is 27.9 Å². The number of halogens is 2. The van der Waals surface area contributed by atoms with Gasteiger partial charge in [0.2, 0.25) is 0 Å². The third kappa shape index (κ3) is 5.01. The topological polar surface area (TPSA) is 74.0 Å². The summed E-state index contributed by atoms with van der Waals surface area (Å²) >= 11 is 5.97. The number of rotatable bonds is 5. The predicted octanol–water partition coefficient (Wildman–Crippen LogP) is 5.53. The lowest BCUT2D eigenvalue weighted by Gasteiger charge is -2.27. The van der Waals surface area contributed by atoms with Crippen molar-refractivity contribution in [1.29, 1.82) is 5.26 Å².